The average Bonchev–Trinajstić information content (AvgIpc) is 1.85. The number of hydrogen-bond acceptors (Lipinski definition) is 1. The summed E-state index contributed by atoms with van der Waals surface area (Å²) >= 11 is 0. The highest BCUT2D eigenvalue weighted by Gasteiger charge is 1.93. The monoisotopic (exact) mass is 128 g/mol. The van der Waals surface area contributed by atoms with Crippen molar-refractivity contribution in [3.8, 4) is 0 Å². The van der Waals surface area contributed by atoms with E-state index in [0.29, 0.717) is 5.92 Å². The van der Waals surface area contributed by atoms with Crippen LogP contribution in [-0.2, 0) is 4.74 Å². The zero-order valence-electron chi connectivity index (χ0n) is 6.55. The van der Waals surface area contributed by atoms with E-state index >= 15 is 0 Å². The quantitative estimate of drug-likeness (QED) is 0.527. The van der Waals surface area contributed by atoms with Crippen LogP contribution in [0.1, 0.15) is 20.3 Å². The van der Waals surface area contributed by atoms with Crippen molar-refractivity contribution in [2.24, 2.45) is 5.92 Å². The Morgan fingerprint density at radius 3 is 2.67 bits per heavy atom. The Bertz CT molecular complexity index is 76.6. The summed E-state index contributed by atoms with van der Waals surface area (Å²) in [5.41, 5.74) is 0. The lowest BCUT2D eigenvalue weighted by molar-refractivity contribution is 0.186. The predicted molar refractivity (Wildman–Crippen MR) is 40.5 cm³/mol. The summed E-state index contributed by atoms with van der Waals surface area (Å²) in [5, 5.41) is 0. The van der Waals surface area contributed by atoms with Gasteiger partial charge in [0.05, 0.1) is 0 Å². The van der Waals surface area contributed by atoms with Gasteiger partial charge in [-0.2, -0.15) is 0 Å². The first kappa shape index (κ1) is 8.70. The molecule has 0 saturated carbocycles. The molecular weight excluding hydrogens is 112 g/mol. The molecule has 0 amide bonds. The van der Waals surface area contributed by atoms with Crippen molar-refractivity contribution < 1.29 is 4.74 Å². The molecule has 0 spiro atoms. The van der Waals surface area contributed by atoms with Crippen molar-refractivity contribution in [3.63, 3.8) is 0 Å². The Balaban J connectivity index is 3.15. The number of allylic oxidation sites excluding steroid dienone is 2. The van der Waals surface area contributed by atoms with Gasteiger partial charge in [0.25, 0.3) is 0 Å². The lowest BCUT2D eigenvalue weighted by atomic mass is 10.1. The molecular formula is C8H16O. The van der Waals surface area contributed by atoms with Gasteiger partial charge in [-0.05, 0) is 19.3 Å². The maximum absolute atomic E-state index is 4.92. The molecule has 0 aromatic carbocycles. The molecule has 0 aromatic heterocycles. The van der Waals surface area contributed by atoms with Crippen LogP contribution in [0.3, 0.4) is 0 Å². The molecule has 1 unspecified atom stereocenters. The molecule has 0 N–H and O–H groups in total. The normalized spacial score (nSPS) is 14.6. The first-order valence-electron chi connectivity index (χ1n) is 3.43. The lowest BCUT2D eigenvalue weighted by Gasteiger charge is -2.02. The van der Waals surface area contributed by atoms with Crippen molar-refractivity contribution in [2.75, 3.05) is 13.7 Å². The largest absolute Gasteiger partial charge is 0.385 e. The molecule has 0 aliphatic rings. The second-order valence-corrected chi connectivity index (χ2v) is 2.28. The number of methoxy groups -OCH3 is 1. The zero-order chi connectivity index (χ0) is 7.11. The van der Waals surface area contributed by atoms with E-state index in [-0.39, 0.29) is 0 Å². The van der Waals surface area contributed by atoms with E-state index in [1.807, 2.05) is 6.92 Å². The Labute approximate surface area is 57.7 Å². The van der Waals surface area contributed by atoms with Crippen molar-refractivity contribution >= 4 is 0 Å². The fourth-order valence-electron chi connectivity index (χ4n) is 0.729. The summed E-state index contributed by atoms with van der Waals surface area (Å²) in [7, 11) is 1.74. The van der Waals surface area contributed by atoms with Crippen LogP contribution >= 0.6 is 0 Å². The average molecular weight is 128 g/mol. The highest BCUT2D eigenvalue weighted by atomic mass is 16.5. The van der Waals surface area contributed by atoms with E-state index in [9.17, 15) is 0 Å². The van der Waals surface area contributed by atoms with E-state index in [0.717, 1.165) is 13.0 Å². The second kappa shape index (κ2) is 5.83. The van der Waals surface area contributed by atoms with E-state index in [4.69, 9.17) is 4.74 Å². The van der Waals surface area contributed by atoms with Gasteiger partial charge < -0.3 is 4.74 Å². The summed E-state index contributed by atoms with van der Waals surface area (Å²) < 4.78 is 4.92. The van der Waals surface area contributed by atoms with Gasteiger partial charge in [-0.3, -0.25) is 0 Å². The summed E-state index contributed by atoms with van der Waals surface area (Å²) in [4.78, 5) is 0. The number of ether oxygens (including phenoxy) is 1. The molecule has 54 valence electrons. The highest BCUT2D eigenvalue weighted by Crippen LogP contribution is 2.02. The molecule has 0 heterocycles. The van der Waals surface area contributed by atoms with Crippen LogP contribution in [0, 0.1) is 5.92 Å². The molecule has 0 radical (unpaired) electrons. The minimum absolute atomic E-state index is 0.662. The molecule has 0 fully saturated rings. The van der Waals surface area contributed by atoms with Gasteiger partial charge in [0.1, 0.15) is 0 Å². The van der Waals surface area contributed by atoms with Gasteiger partial charge in [0.15, 0.2) is 0 Å². The predicted octanol–water partition coefficient (Wildman–Crippen LogP) is 2.24. The number of rotatable bonds is 4. The Kier molecular flexibility index (Phi) is 5.64. The van der Waals surface area contributed by atoms with Crippen LogP contribution in [0.5, 0.6) is 0 Å². The smallest absolute Gasteiger partial charge is 0.0467 e. The van der Waals surface area contributed by atoms with Gasteiger partial charge in [0, 0.05) is 13.7 Å². The third-order valence-corrected chi connectivity index (χ3v) is 1.30. The Morgan fingerprint density at radius 2 is 2.22 bits per heavy atom. The molecule has 9 heavy (non-hydrogen) atoms. The maximum atomic E-state index is 4.92. The molecule has 0 aliphatic carbocycles. The summed E-state index contributed by atoms with van der Waals surface area (Å²) in [6.07, 6.45) is 5.40. The fraction of sp³-hybridized carbons (Fsp3) is 0.750. The third-order valence-electron chi connectivity index (χ3n) is 1.30. The second-order valence-electron chi connectivity index (χ2n) is 2.28. The van der Waals surface area contributed by atoms with Gasteiger partial charge in [-0.25, -0.2) is 0 Å². The van der Waals surface area contributed by atoms with Crippen LogP contribution in [0.2, 0.25) is 0 Å². The molecule has 0 aliphatic heterocycles. The minimum atomic E-state index is 0.662. The van der Waals surface area contributed by atoms with Crippen LogP contribution in [0.25, 0.3) is 0 Å². The highest BCUT2D eigenvalue weighted by molar-refractivity contribution is 4.82. The van der Waals surface area contributed by atoms with E-state index in [2.05, 4.69) is 19.1 Å². The standard InChI is InChI=1S/C8H16O/c1-4-5-8(2)6-7-9-3/h4-5,8H,6-7H2,1-3H3. The fourth-order valence-corrected chi connectivity index (χ4v) is 0.729. The van der Waals surface area contributed by atoms with Crippen molar-refractivity contribution in [2.45, 2.75) is 20.3 Å². The first-order chi connectivity index (χ1) is 4.31. The molecule has 0 bridgehead atoms. The zero-order valence-corrected chi connectivity index (χ0v) is 6.55. The Morgan fingerprint density at radius 1 is 1.56 bits per heavy atom. The molecule has 0 saturated heterocycles. The molecule has 1 nitrogen and oxygen atoms in total. The van der Waals surface area contributed by atoms with Gasteiger partial charge in [0.2, 0.25) is 0 Å². The van der Waals surface area contributed by atoms with E-state index in [1.165, 1.54) is 0 Å². The van der Waals surface area contributed by atoms with E-state index < -0.39 is 0 Å². The van der Waals surface area contributed by atoms with Gasteiger partial charge in [-0.1, -0.05) is 19.1 Å². The van der Waals surface area contributed by atoms with Gasteiger partial charge >= 0.3 is 0 Å². The summed E-state index contributed by atoms with van der Waals surface area (Å²) in [5.74, 6) is 0.662. The molecule has 1 heteroatoms. The van der Waals surface area contributed by atoms with Crippen molar-refractivity contribution in [1.29, 1.82) is 0 Å². The van der Waals surface area contributed by atoms with Crippen LogP contribution < -0.4 is 0 Å². The summed E-state index contributed by atoms with van der Waals surface area (Å²) in [6, 6.07) is 0. The third kappa shape index (κ3) is 5.57. The SMILES string of the molecule is CC=CC(C)CCOC. The van der Waals surface area contributed by atoms with Gasteiger partial charge in [-0.15, -0.1) is 0 Å². The maximum Gasteiger partial charge on any atom is 0.0467 e. The molecule has 1 atom stereocenters. The minimum Gasteiger partial charge on any atom is -0.385 e. The summed E-state index contributed by atoms with van der Waals surface area (Å²) in [6.45, 7) is 5.10. The van der Waals surface area contributed by atoms with Crippen molar-refractivity contribution in [3.05, 3.63) is 12.2 Å². The molecule has 0 rings (SSSR count). The lowest BCUT2D eigenvalue weighted by Crippen LogP contribution is -1.95. The Hall–Kier alpha value is -0.300. The van der Waals surface area contributed by atoms with E-state index in [1.54, 1.807) is 7.11 Å². The first-order valence-corrected chi connectivity index (χ1v) is 3.43. The molecule has 0 aromatic rings. The van der Waals surface area contributed by atoms with Crippen LogP contribution in [0.15, 0.2) is 12.2 Å². The van der Waals surface area contributed by atoms with Crippen LogP contribution in [0.4, 0.5) is 0 Å². The van der Waals surface area contributed by atoms with Crippen molar-refractivity contribution in [1.82, 2.24) is 0 Å². The topological polar surface area (TPSA) is 9.23 Å². The van der Waals surface area contributed by atoms with Crippen LogP contribution in [-0.4, -0.2) is 13.7 Å². The number of hydrogen-bond donors (Lipinski definition) is 0.